The van der Waals surface area contributed by atoms with E-state index in [0.717, 1.165) is 38.2 Å². The second-order valence-electron chi connectivity index (χ2n) is 8.19. The van der Waals surface area contributed by atoms with Crippen LogP contribution in [0, 0.1) is 5.21 Å². The molecule has 2 fully saturated rings. The molecule has 4 atom stereocenters. The number of hydrogen-bond donors (Lipinski definition) is 1. The fourth-order valence-electron chi connectivity index (χ4n) is 5.89. The van der Waals surface area contributed by atoms with Gasteiger partial charge in [0.1, 0.15) is 5.69 Å². The van der Waals surface area contributed by atoms with Gasteiger partial charge < -0.3 is 15.2 Å². The van der Waals surface area contributed by atoms with Gasteiger partial charge in [-0.05, 0) is 31.5 Å². The molecule has 4 heterocycles. The molecule has 0 radical (unpaired) electrons. The number of nitrogens with one attached hydrogen (secondary N) is 1. The Morgan fingerprint density at radius 2 is 2.00 bits per heavy atom. The van der Waals surface area contributed by atoms with Crippen molar-refractivity contribution in [3.8, 4) is 0 Å². The van der Waals surface area contributed by atoms with E-state index in [9.17, 15) is 5.21 Å². The highest BCUT2D eigenvalue weighted by molar-refractivity contribution is 5.62. The van der Waals surface area contributed by atoms with Crippen molar-refractivity contribution >= 4 is 5.69 Å². The lowest BCUT2D eigenvalue weighted by Gasteiger charge is -2.54. The van der Waals surface area contributed by atoms with E-state index < -0.39 is 0 Å². The van der Waals surface area contributed by atoms with Gasteiger partial charge >= 0.3 is 0 Å². The molecule has 0 aliphatic carbocycles. The molecule has 1 N–H and O–H groups in total. The zero-order chi connectivity index (χ0) is 15.6. The average Bonchev–Trinajstić information content (AvgIpc) is 2.83. The third-order valence-electron chi connectivity index (χ3n) is 7.09. The Balaban J connectivity index is 1.53. The van der Waals surface area contributed by atoms with Crippen LogP contribution in [0.2, 0.25) is 0 Å². The molecule has 5 rings (SSSR count). The van der Waals surface area contributed by atoms with Gasteiger partial charge in [0.25, 0.3) is 0 Å². The highest BCUT2D eigenvalue weighted by Gasteiger charge is 2.49. The molecule has 4 heteroatoms. The fourth-order valence-corrected chi connectivity index (χ4v) is 5.89. The third-order valence-corrected chi connectivity index (χ3v) is 7.09. The zero-order valence-corrected chi connectivity index (χ0v) is 14.0. The van der Waals surface area contributed by atoms with Crippen molar-refractivity contribution in [2.75, 3.05) is 20.1 Å². The molecule has 0 spiro atoms. The normalized spacial score (nSPS) is 42.5. The molecule has 4 unspecified atom stereocenters. The summed E-state index contributed by atoms with van der Waals surface area (Å²) in [6.45, 7) is 2.66. The topological polar surface area (TPSA) is 38.3 Å². The minimum Gasteiger partial charge on any atom is -0.627 e. The van der Waals surface area contributed by atoms with Crippen molar-refractivity contribution in [2.24, 2.45) is 0 Å². The largest absolute Gasteiger partial charge is 0.627 e. The summed E-state index contributed by atoms with van der Waals surface area (Å²) < 4.78 is -0.0453. The smallest absolute Gasteiger partial charge is 0.137 e. The Kier molecular flexibility index (Phi) is 3.15. The summed E-state index contributed by atoms with van der Waals surface area (Å²) in [6, 6.07) is 7.96. The van der Waals surface area contributed by atoms with Crippen LogP contribution in [0.25, 0.3) is 0 Å². The number of benzene rings is 1. The van der Waals surface area contributed by atoms with Crippen molar-refractivity contribution in [1.29, 1.82) is 0 Å². The number of hydroxylamine groups is 2. The van der Waals surface area contributed by atoms with Crippen molar-refractivity contribution in [2.45, 2.75) is 62.7 Å². The first-order valence-electron chi connectivity index (χ1n) is 9.30. The quantitative estimate of drug-likeness (QED) is 0.640. The third kappa shape index (κ3) is 1.99. The summed E-state index contributed by atoms with van der Waals surface area (Å²) in [4.78, 5) is 2.57. The van der Waals surface area contributed by atoms with Gasteiger partial charge in [0.05, 0.1) is 18.5 Å². The second-order valence-corrected chi connectivity index (χ2v) is 8.19. The highest BCUT2D eigenvalue weighted by atomic mass is 16.5. The summed E-state index contributed by atoms with van der Waals surface area (Å²) in [5, 5.41) is 17.6. The van der Waals surface area contributed by atoms with E-state index in [0.29, 0.717) is 18.0 Å². The second kappa shape index (κ2) is 5.03. The van der Waals surface area contributed by atoms with Crippen LogP contribution < -0.4 is 9.96 Å². The van der Waals surface area contributed by atoms with Gasteiger partial charge in [-0.3, -0.25) is 4.90 Å². The molecule has 1 aromatic carbocycles. The molecule has 2 bridgehead atoms. The number of hydrogen-bond acceptors (Lipinski definition) is 3. The lowest BCUT2D eigenvalue weighted by molar-refractivity contribution is 0.0249. The standard InChI is InChI=1S/C19H27N3O/c1-21-15-5-3-6-16(21)9-17(8-15)22(23)12-14-11-20-10-13-4-2-7-18(22)19(13)14/h2,4,7,14-17,20H,3,5-6,8-12H2,1H3. The van der Waals surface area contributed by atoms with Crippen molar-refractivity contribution in [3.05, 3.63) is 34.5 Å². The Morgan fingerprint density at radius 1 is 1.22 bits per heavy atom. The first-order chi connectivity index (χ1) is 11.2. The predicted molar refractivity (Wildman–Crippen MR) is 93.1 cm³/mol. The molecule has 4 nitrogen and oxygen atoms in total. The molecule has 2 saturated heterocycles. The first-order valence-corrected chi connectivity index (χ1v) is 9.30. The highest BCUT2D eigenvalue weighted by Crippen LogP contribution is 2.49. The van der Waals surface area contributed by atoms with Crippen LogP contribution in [0.5, 0.6) is 0 Å². The van der Waals surface area contributed by atoms with Gasteiger partial charge in [-0.1, -0.05) is 18.6 Å². The van der Waals surface area contributed by atoms with Crippen LogP contribution in [-0.4, -0.2) is 43.2 Å². The zero-order valence-electron chi connectivity index (χ0n) is 14.0. The Hall–Kier alpha value is -0.940. The van der Waals surface area contributed by atoms with E-state index in [1.807, 2.05) is 0 Å². The first kappa shape index (κ1) is 14.4. The lowest BCUT2D eigenvalue weighted by Crippen LogP contribution is -2.61. The van der Waals surface area contributed by atoms with E-state index in [4.69, 9.17) is 0 Å². The molecular formula is C19H27N3O. The van der Waals surface area contributed by atoms with Gasteiger partial charge in [0.15, 0.2) is 0 Å². The molecule has 4 aliphatic rings. The molecule has 124 valence electrons. The van der Waals surface area contributed by atoms with Crippen molar-refractivity contribution in [3.63, 3.8) is 0 Å². The Bertz CT molecular complexity index is 619. The van der Waals surface area contributed by atoms with Crippen molar-refractivity contribution in [1.82, 2.24) is 14.9 Å². The van der Waals surface area contributed by atoms with Gasteiger partial charge in [-0.25, -0.2) is 0 Å². The van der Waals surface area contributed by atoms with Gasteiger partial charge in [-0.15, -0.1) is 0 Å². The molecule has 0 saturated carbocycles. The van der Waals surface area contributed by atoms with E-state index in [-0.39, 0.29) is 10.7 Å². The number of rotatable bonds is 1. The van der Waals surface area contributed by atoms with Crippen LogP contribution in [0.3, 0.4) is 0 Å². The maximum Gasteiger partial charge on any atom is 0.137 e. The lowest BCUT2D eigenvalue weighted by atomic mass is 9.81. The molecule has 0 amide bonds. The Labute approximate surface area is 138 Å². The van der Waals surface area contributed by atoms with E-state index >= 15 is 0 Å². The summed E-state index contributed by atoms with van der Waals surface area (Å²) in [5.41, 5.74) is 3.86. The van der Waals surface area contributed by atoms with Crippen LogP contribution >= 0.6 is 0 Å². The van der Waals surface area contributed by atoms with E-state index in [1.165, 1.54) is 30.4 Å². The molecular weight excluding hydrogens is 286 g/mol. The molecule has 0 aromatic heterocycles. The minimum absolute atomic E-state index is 0.0453. The van der Waals surface area contributed by atoms with E-state index in [1.54, 1.807) is 0 Å². The van der Waals surface area contributed by atoms with E-state index in [2.05, 4.69) is 35.5 Å². The maximum absolute atomic E-state index is 14.1. The van der Waals surface area contributed by atoms with Gasteiger partial charge in [0, 0.05) is 43.6 Å². The number of piperidine rings is 2. The summed E-state index contributed by atoms with van der Waals surface area (Å²) in [6.07, 6.45) is 6.07. The molecule has 23 heavy (non-hydrogen) atoms. The predicted octanol–water partition coefficient (Wildman–Crippen LogP) is 2.71. The monoisotopic (exact) mass is 313 g/mol. The summed E-state index contributed by atoms with van der Waals surface area (Å²) in [7, 11) is 2.27. The summed E-state index contributed by atoms with van der Waals surface area (Å²) in [5.74, 6) is 0.423. The number of nitrogens with zero attached hydrogens (tertiary/aromatic N) is 2. The fraction of sp³-hybridized carbons (Fsp3) is 0.684. The van der Waals surface area contributed by atoms with Crippen LogP contribution in [0.15, 0.2) is 18.2 Å². The SMILES string of the molecule is CN1C2CCCC1CC([N+]1([O-])CC3CNCc4cccc1c43)C2. The minimum atomic E-state index is -0.0453. The number of fused-ring (bicyclic) bond motifs is 2. The summed E-state index contributed by atoms with van der Waals surface area (Å²) >= 11 is 0. The Morgan fingerprint density at radius 3 is 2.78 bits per heavy atom. The molecule has 4 aliphatic heterocycles. The van der Waals surface area contributed by atoms with Crippen LogP contribution in [0.4, 0.5) is 5.69 Å². The van der Waals surface area contributed by atoms with Gasteiger partial charge in [0.2, 0.25) is 0 Å². The maximum atomic E-state index is 14.1. The van der Waals surface area contributed by atoms with Gasteiger partial charge in [-0.2, -0.15) is 0 Å². The molecule has 1 aromatic rings. The van der Waals surface area contributed by atoms with Crippen molar-refractivity contribution < 1.29 is 0 Å². The number of quaternary nitrogens is 1. The average molecular weight is 313 g/mol. The van der Waals surface area contributed by atoms with Crippen LogP contribution in [-0.2, 0) is 6.54 Å². The van der Waals surface area contributed by atoms with Crippen LogP contribution in [0.1, 0.15) is 49.1 Å².